The minimum Gasteiger partial charge on any atom is -0.356 e. The number of rotatable bonds is 6. The summed E-state index contributed by atoms with van der Waals surface area (Å²) in [6, 6.07) is 4.37. The van der Waals surface area contributed by atoms with Crippen LogP contribution in [0.2, 0.25) is 0 Å². The van der Waals surface area contributed by atoms with Gasteiger partial charge < -0.3 is 10.2 Å². The summed E-state index contributed by atoms with van der Waals surface area (Å²) in [5.74, 6) is 1.37. The largest absolute Gasteiger partial charge is 0.356 e. The summed E-state index contributed by atoms with van der Waals surface area (Å²) >= 11 is 0. The lowest BCUT2D eigenvalue weighted by atomic mass is 10.1. The molecule has 1 saturated heterocycles. The van der Waals surface area contributed by atoms with E-state index in [1.54, 1.807) is 6.20 Å². The van der Waals surface area contributed by atoms with Crippen molar-refractivity contribution in [3.8, 4) is 0 Å². The first-order valence-corrected chi connectivity index (χ1v) is 9.37. The number of nitrogens with one attached hydrogen (secondary N) is 1. The third-order valence-corrected chi connectivity index (χ3v) is 5.84. The van der Waals surface area contributed by atoms with Gasteiger partial charge in [-0.3, -0.25) is 0 Å². The van der Waals surface area contributed by atoms with Gasteiger partial charge in [-0.1, -0.05) is 6.92 Å². The van der Waals surface area contributed by atoms with Crippen molar-refractivity contribution in [1.29, 1.82) is 0 Å². The molecule has 0 saturated carbocycles. The van der Waals surface area contributed by atoms with Gasteiger partial charge in [-0.25, -0.2) is 13.4 Å². The normalized spacial score (nSPS) is 22.1. The smallest absolute Gasteiger partial charge is 0.152 e. The maximum atomic E-state index is 11.6. The quantitative estimate of drug-likeness (QED) is 0.867. The number of sulfone groups is 1. The topological polar surface area (TPSA) is 62.3 Å². The molecule has 2 atom stereocenters. The molecule has 2 unspecified atom stereocenters. The molecule has 1 aliphatic heterocycles. The van der Waals surface area contributed by atoms with Crippen LogP contribution in [0.15, 0.2) is 18.3 Å². The van der Waals surface area contributed by atoms with Crippen molar-refractivity contribution >= 4 is 15.7 Å². The number of anilines is 1. The number of pyridine rings is 1. The molecule has 2 heterocycles. The molecule has 0 radical (unpaired) electrons. The Morgan fingerprint density at radius 3 is 2.90 bits per heavy atom. The predicted octanol–water partition coefficient (Wildman–Crippen LogP) is 1.77. The van der Waals surface area contributed by atoms with Gasteiger partial charge in [0.15, 0.2) is 9.84 Å². The van der Waals surface area contributed by atoms with Crippen LogP contribution in [0.5, 0.6) is 0 Å². The summed E-state index contributed by atoms with van der Waals surface area (Å²) in [6.45, 7) is 5.26. The highest BCUT2D eigenvalue weighted by Gasteiger charge is 2.31. The van der Waals surface area contributed by atoms with E-state index in [9.17, 15) is 8.42 Å². The first kappa shape index (κ1) is 16.2. The fourth-order valence-corrected chi connectivity index (χ4v) is 4.42. The number of nitrogens with zero attached hydrogens (tertiary/aromatic N) is 2. The molecule has 0 amide bonds. The average molecular weight is 311 g/mol. The van der Waals surface area contributed by atoms with Crippen LogP contribution in [0.4, 0.5) is 5.82 Å². The average Bonchev–Trinajstić information content (AvgIpc) is 2.84. The Hall–Kier alpha value is -1.14. The fourth-order valence-electron chi connectivity index (χ4n) is 2.64. The van der Waals surface area contributed by atoms with E-state index in [1.165, 1.54) is 5.56 Å². The van der Waals surface area contributed by atoms with Gasteiger partial charge in [0.05, 0.1) is 11.5 Å². The van der Waals surface area contributed by atoms with Crippen LogP contribution >= 0.6 is 0 Å². The van der Waals surface area contributed by atoms with Crippen LogP contribution in [-0.4, -0.2) is 44.5 Å². The molecule has 0 spiro atoms. The third-order valence-electron chi connectivity index (χ3n) is 4.09. The summed E-state index contributed by atoms with van der Waals surface area (Å²) in [4.78, 5) is 6.40. The Labute approximate surface area is 127 Å². The Bertz CT molecular complexity index is 574. The summed E-state index contributed by atoms with van der Waals surface area (Å²) in [6.07, 6.45) is 3.59. The maximum absolute atomic E-state index is 11.6. The molecule has 1 fully saturated rings. The van der Waals surface area contributed by atoms with Crippen LogP contribution in [0, 0.1) is 0 Å². The van der Waals surface area contributed by atoms with Crippen molar-refractivity contribution in [1.82, 2.24) is 10.3 Å². The van der Waals surface area contributed by atoms with Crippen molar-refractivity contribution < 1.29 is 8.42 Å². The molecule has 1 N–H and O–H groups in total. The second-order valence-corrected chi connectivity index (χ2v) is 8.02. The zero-order valence-corrected chi connectivity index (χ0v) is 13.9. The van der Waals surface area contributed by atoms with E-state index in [2.05, 4.69) is 30.2 Å². The first-order valence-electron chi connectivity index (χ1n) is 7.55. The Morgan fingerprint density at radius 2 is 2.29 bits per heavy atom. The molecule has 1 aromatic rings. The fraction of sp³-hybridized carbons (Fsp3) is 0.667. The van der Waals surface area contributed by atoms with Gasteiger partial charge in [-0.2, -0.15) is 0 Å². The Morgan fingerprint density at radius 1 is 1.52 bits per heavy atom. The Kier molecular flexibility index (Phi) is 5.22. The molecule has 1 aromatic heterocycles. The van der Waals surface area contributed by atoms with Crippen LogP contribution in [0.25, 0.3) is 0 Å². The van der Waals surface area contributed by atoms with E-state index < -0.39 is 9.84 Å². The second-order valence-electron chi connectivity index (χ2n) is 5.79. The summed E-state index contributed by atoms with van der Waals surface area (Å²) in [5, 5.41) is 3.46. The zero-order chi connectivity index (χ0) is 15.5. The summed E-state index contributed by atoms with van der Waals surface area (Å²) in [5.41, 5.74) is 1.18. The van der Waals surface area contributed by atoms with Crippen molar-refractivity contribution in [2.24, 2.45) is 0 Å². The van der Waals surface area contributed by atoms with E-state index in [0.29, 0.717) is 6.42 Å². The highest BCUT2D eigenvalue weighted by molar-refractivity contribution is 7.91. The van der Waals surface area contributed by atoms with E-state index in [0.717, 1.165) is 18.8 Å². The molecular weight excluding hydrogens is 286 g/mol. The van der Waals surface area contributed by atoms with Gasteiger partial charge in [-0.15, -0.1) is 0 Å². The molecule has 0 aliphatic carbocycles. The van der Waals surface area contributed by atoms with Gasteiger partial charge in [0.2, 0.25) is 0 Å². The first-order chi connectivity index (χ1) is 9.93. The van der Waals surface area contributed by atoms with E-state index in [4.69, 9.17) is 0 Å². The van der Waals surface area contributed by atoms with E-state index in [-0.39, 0.29) is 23.6 Å². The lowest BCUT2D eigenvalue weighted by Crippen LogP contribution is -2.33. The minimum absolute atomic E-state index is 0.0386. The lowest BCUT2D eigenvalue weighted by Gasteiger charge is -2.25. The molecule has 118 valence electrons. The van der Waals surface area contributed by atoms with Crippen molar-refractivity contribution in [2.75, 3.05) is 30.0 Å². The van der Waals surface area contributed by atoms with Gasteiger partial charge >= 0.3 is 0 Å². The summed E-state index contributed by atoms with van der Waals surface area (Å²) in [7, 11) is -0.936. The number of hydrogen-bond donors (Lipinski definition) is 1. The highest BCUT2D eigenvalue weighted by Crippen LogP contribution is 2.23. The van der Waals surface area contributed by atoms with Gasteiger partial charge in [0, 0.05) is 25.3 Å². The van der Waals surface area contributed by atoms with Gasteiger partial charge in [-0.05, 0) is 44.0 Å². The minimum atomic E-state index is -2.87. The molecule has 1 aliphatic rings. The molecule has 6 heteroatoms. The SMILES string of the molecule is CCCNC(C)c1ccnc(N(C)C2CCS(=O)(=O)C2)c1. The molecule has 21 heavy (non-hydrogen) atoms. The second kappa shape index (κ2) is 6.75. The molecular formula is C15H25N3O2S. The predicted molar refractivity (Wildman–Crippen MR) is 86.4 cm³/mol. The van der Waals surface area contributed by atoms with Crippen molar-refractivity contribution in [3.63, 3.8) is 0 Å². The number of hydrogen-bond acceptors (Lipinski definition) is 5. The molecule has 2 rings (SSSR count). The van der Waals surface area contributed by atoms with Crippen LogP contribution in [0.3, 0.4) is 0 Å². The van der Waals surface area contributed by atoms with Crippen molar-refractivity contribution in [3.05, 3.63) is 23.9 Å². The molecule has 5 nitrogen and oxygen atoms in total. The highest BCUT2D eigenvalue weighted by atomic mass is 32.2. The van der Waals surface area contributed by atoms with Gasteiger partial charge in [0.25, 0.3) is 0 Å². The standard InChI is InChI=1S/C15H25N3O2S/c1-4-7-16-12(2)13-5-8-17-15(10-13)18(3)14-6-9-21(19,20)11-14/h5,8,10,12,14,16H,4,6-7,9,11H2,1-3H3. The molecule has 0 bridgehead atoms. The Balaban J connectivity index is 2.10. The third kappa shape index (κ3) is 4.17. The maximum Gasteiger partial charge on any atom is 0.152 e. The van der Waals surface area contributed by atoms with E-state index in [1.807, 2.05) is 18.0 Å². The molecule has 0 aromatic carbocycles. The monoisotopic (exact) mass is 311 g/mol. The van der Waals surface area contributed by atoms with Gasteiger partial charge in [0.1, 0.15) is 5.82 Å². The zero-order valence-electron chi connectivity index (χ0n) is 13.0. The van der Waals surface area contributed by atoms with Crippen LogP contribution in [0.1, 0.15) is 38.3 Å². The van der Waals surface area contributed by atoms with E-state index >= 15 is 0 Å². The van der Waals surface area contributed by atoms with Crippen LogP contribution < -0.4 is 10.2 Å². The lowest BCUT2D eigenvalue weighted by molar-refractivity contribution is 0.569. The van der Waals surface area contributed by atoms with Crippen molar-refractivity contribution in [2.45, 2.75) is 38.8 Å². The summed E-state index contributed by atoms with van der Waals surface area (Å²) < 4.78 is 23.2. The van der Waals surface area contributed by atoms with Crippen LogP contribution in [-0.2, 0) is 9.84 Å². The number of aromatic nitrogens is 1.